The van der Waals surface area contributed by atoms with E-state index in [-0.39, 0.29) is 5.56 Å². The molecular formula is C11H13FN2O2. The molecule has 86 valence electrons. The van der Waals surface area contributed by atoms with E-state index in [2.05, 4.69) is 5.32 Å². The van der Waals surface area contributed by atoms with Crippen molar-refractivity contribution < 1.29 is 14.0 Å². The lowest BCUT2D eigenvalue weighted by Crippen LogP contribution is -2.43. The van der Waals surface area contributed by atoms with Crippen molar-refractivity contribution in [2.24, 2.45) is 5.73 Å². The van der Waals surface area contributed by atoms with Gasteiger partial charge in [-0.25, -0.2) is 4.39 Å². The molecule has 0 heterocycles. The fourth-order valence-electron chi connectivity index (χ4n) is 1.25. The zero-order chi connectivity index (χ0) is 12.1. The maximum Gasteiger partial charge on any atom is 0.252 e. The van der Waals surface area contributed by atoms with E-state index >= 15 is 0 Å². The lowest BCUT2D eigenvalue weighted by molar-refractivity contribution is -0.119. The van der Waals surface area contributed by atoms with Crippen LogP contribution in [0, 0.1) is 5.82 Å². The van der Waals surface area contributed by atoms with Gasteiger partial charge in [-0.1, -0.05) is 13.0 Å². The van der Waals surface area contributed by atoms with Crippen molar-refractivity contribution >= 4 is 11.8 Å². The van der Waals surface area contributed by atoms with Crippen LogP contribution in [-0.4, -0.2) is 17.9 Å². The summed E-state index contributed by atoms with van der Waals surface area (Å²) in [6.45, 7) is 1.72. The third-order valence-corrected chi connectivity index (χ3v) is 2.14. The first kappa shape index (κ1) is 12.2. The molecule has 16 heavy (non-hydrogen) atoms. The molecule has 0 aliphatic rings. The summed E-state index contributed by atoms with van der Waals surface area (Å²) in [5, 5.41) is 2.43. The normalized spacial score (nSPS) is 11.9. The average Bonchev–Trinajstić information content (AvgIpc) is 2.25. The molecule has 0 unspecified atom stereocenters. The van der Waals surface area contributed by atoms with Crippen LogP contribution in [0.25, 0.3) is 0 Å². The van der Waals surface area contributed by atoms with Gasteiger partial charge in [-0.15, -0.1) is 0 Å². The van der Waals surface area contributed by atoms with Crippen LogP contribution in [0.4, 0.5) is 4.39 Å². The summed E-state index contributed by atoms with van der Waals surface area (Å²) in [5.41, 5.74) is 5.24. The third kappa shape index (κ3) is 3.05. The number of rotatable bonds is 4. The number of halogens is 1. The van der Waals surface area contributed by atoms with Crippen molar-refractivity contribution in [2.75, 3.05) is 0 Å². The van der Waals surface area contributed by atoms with Crippen LogP contribution in [-0.2, 0) is 4.79 Å². The number of nitrogens with two attached hydrogens (primary N) is 1. The van der Waals surface area contributed by atoms with Crippen molar-refractivity contribution in [2.45, 2.75) is 19.4 Å². The van der Waals surface area contributed by atoms with Gasteiger partial charge < -0.3 is 11.1 Å². The van der Waals surface area contributed by atoms with E-state index < -0.39 is 23.7 Å². The van der Waals surface area contributed by atoms with E-state index in [4.69, 9.17) is 5.73 Å². The fraction of sp³-hybridized carbons (Fsp3) is 0.273. The van der Waals surface area contributed by atoms with Crippen molar-refractivity contribution in [1.82, 2.24) is 5.32 Å². The standard InChI is InChI=1S/C11H13FN2O2/c1-2-9(10(13)15)14-11(16)7-4-3-5-8(12)6-7/h3-6,9H,2H2,1H3,(H2,13,15)(H,14,16)/t9-/m1/s1. The highest BCUT2D eigenvalue weighted by atomic mass is 19.1. The number of amides is 2. The van der Waals surface area contributed by atoms with Crippen LogP contribution in [0.3, 0.4) is 0 Å². The summed E-state index contributed by atoms with van der Waals surface area (Å²) in [6.07, 6.45) is 0.399. The lowest BCUT2D eigenvalue weighted by atomic mass is 10.1. The first-order chi connectivity index (χ1) is 7.54. The summed E-state index contributed by atoms with van der Waals surface area (Å²) in [6, 6.07) is 4.50. The molecule has 3 N–H and O–H groups in total. The van der Waals surface area contributed by atoms with Crippen LogP contribution in [0.15, 0.2) is 24.3 Å². The average molecular weight is 224 g/mol. The monoisotopic (exact) mass is 224 g/mol. The van der Waals surface area contributed by atoms with Crippen LogP contribution in [0.1, 0.15) is 23.7 Å². The predicted octanol–water partition coefficient (Wildman–Crippen LogP) is 0.819. The summed E-state index contributed by atoms with van der Waals surface area (Å²) >= 11 is 0. The van der Waals surface area contributed by atoms with E-state index in [0.717, 1.165) is 6.07 Å². The minimum Gasteiger partial charge on any atom is -0.368 e. The molecule has 0 aliphatic carbocycles. The molecule has 1 rings (SSSR count). The van der Waals surface area contributed by atoms with Crippen molar-refractivity contribution in [3.63, 3.8) is 0 Å². The second kappa shape index (κ2) is 5.25. The number of carbonyl (C=O) groups is 2. The van der Waals surface area contributed by atoms with Gasteiger partial charge in [0, 0.05) is 5.56 Å². The number of hydrogen-bond acceptors (Lipinski definition) is 2. The van der Waals surface area contributed by atoms with Crippen LogP contribution >= 0.6 is 0 Å². The first-order valence-electron chi connectivity index (χ1n) is 4.90. The van der Waals surface area contributed by atoms with Gasteiger partial charge in [-0.3, -0.25) is 9.59 Å². The number of nitrogens with one attached hydrogen (secondary N) is 1. The Hall–Kier alpha value is -1.91. The molecule has 1 aromatic rings. The second-order valence-electron chi connectivity index (χ2n) is 3.35. The second-order valence-corrected chi connectivity index (χ2v) is 3.35. The van der Waals surface area contributed by atoms with Gasteiger partial charge in [0.15, 0.2) is 0 Å². The fourth-order valence-corrected chi connectivity index (χ4v) is 1.25. The number of hydrogen-bond donors (Lipinski definition) is 2. The highest BCUT2D eigenvalue weighted by Gasteiger charge is 2.16. The van der Waals surface area contributed by atoms with Crippen molar-refractivity contribution in [1.29, 1.82) is 0 Å². The molecule has 4 nitrogen and oxygen atoms in total. The number of benzene rings is 1. The smallest absolute Gasteiger partial charge is 0.252 e. The summed E-state index contributed by atoms with van der Waals surface area (Å²) in [7, 11) is 0. The summed E-state index contributed by atoms with van der Waals surface area (Å²) in [4.78, 5) is 22.5. The SMILES string of the molecule is CC[C@@H](NC(=O)c1cccc(F)c1)C(N)=O. The quantitative estimate of drug-likeness (QED) is 0.794. The Balaban J connectivity index is 2.75. The Kier molecular flexibility index (Phi) is 3.99. The molecular weight excluding hydrogens is 211 g/mol. The third-order valence-electron chi connectivity index (χ3n) is 2.14. The van der Waals surface area contributed by atoms with E-state index in [1.54, 1.807) is 6.92 Å². The van der Waals surface area contributed by atoms with E-state index in [1.807, 2.05) is 0 Å². The van der Waals surface area contributed by atoms with Gasteiger partial charge in [-0.2, -0.15) is 0 Å². The Morgan fingerprint density at radius 1 is 1.50 bits per heavy atom. The number of carbonyl (C=O) groups excluding carboxylic acids is 2. The maximum atomic E-state index is 12.8. The molecule has 0 radical (unpaired) electrons. The van der Waals surface area contributed by atoms with E-state index in [1.165, 1.54) is 18.2 Å². The molecule has 0 saturated heterocycles. The van der Waals surface area contributed by atoms with Crippen molar-refractivity contribution in [3.05, 3.63) is 35.6 Å². The highest BCUT2D eigenvalue weighted by molar-refractivity contribution is 5.97. The van der Waals surface area contributed by atoms with Gasteiger partial charge in [0.05, 0.1) is 0 Å². The molecule has 0 bridgehead atoms. The summed E-state index contributed by atoms with van der Waals surface area (Å²) in [5.74, 6) is -1.61. The topological polar surface area (TPSA) is 72.2 Å². The highest BCUT2D eigenvalue weighted by Crippen LogP contribution is 2.04. The van der Waals surface area contributed by atoms with Crippen molar-refractivity contribution in [3.8, 4) is 0 Å². The molecule has 0 aliphatic heterocycles. The zero-order valence-corrected chi connectivity index (χ0v) is 8.87. The molecule has 1 atom stereocenters. The van der Waals surface area contributed by atoms with Crippen LogP contribution in [0.2, 0.25) is 0 Å². The van der Waals surface area contributed by atoms with Gasteiger partial charge in [0.25, 0.3) is 5.91 Å². The molecule has 0 spiro atoms. The Labute approximate surface area is 92.6 Å². The first-order valence-corrected chi connectivity index (χ1v) is 4.90. The lowest BCUT2D eigenvalue weighted by Gasteiger charge is -2.12. The molecule has 0 aromatic heterocycles. The van der Waals surface area contributed by atoms with Crippen LogP contribution in [0.5, 0.6) is 0 Å². The van der Waals surface area contributed by atoms with E-state index in [0.29, 0.717) is 6.42 Å². The minimum atomic E-state index is -0.726. The number of primary amides is 1. The van der Waals surface area contributed by atoms with Crippen LogP contribution < -0.4 is 11.1 Å². The molecule has 5 heteroatoms. The molecule has 0 saturated carbocycles. The largest absolute Gasteiger partial charge is 0.368 e. The molecule has 1 aromatic carbocycles. The Morgan fingerprint density at radius 3 is 2.69 bits per heavy atom. The zero-order valence-electron chi connectivity index (χ0n) is 8.87. The molecule has 2 amide bonds. The predicted molar refractivity (Wildman–Crippen MR) is 57.1 cm³/mol. The van der Waals surface area contributed by atoms with Gasteiger partial charge in [0.2, 0.25) is 5.91 Å². The summed E-state index contributed by atoms with van der Waals surface area (Å²) < 4.78 is 12.8. The van der Waals surface area contributed by atoms with Gasteiger partial charge in [-0.05, 0) is 24.6 Å². The Bertz CT molecular complexity index is 407. The van der Waals surface area contributed by atoms with E-state index in [9.17, 15) is 14.0 Å². The van der Waals surface area contributed by atoms with Gasteiger partial charge in [0.1, 0.15) is 11.9 Å². The molecule has 0 fully saturated rings. The van der Waals surface area contributed by atoms with Gasteiger partial charge >= 0.3 is 0 Å². The maximum absolute atomic E-state index is 12.8. The minimum absolute atomic E-state index is 0.166. The Morgan fingerprint density at radius 2 is 2.19 bits per heavy atom.